The smallest absolute Gasteiger partial charge is 0.175 e. The van der Waals surface area contributed by atoms with Gasteiger partial charge >= 0.3 is 0 Å². The molecule has 3 aromatic carbocycles. The third kappa shape index (κ3) is 4.92. The Balaban J connectivity index is 1.94. The second kappa shape index (κ2) is 8.94. The predicted molar refractivity (Wildman–Crippen MR) is 142 cm³/mol. The molecule has 1 heterocycles. The Morgan fingerprint density at radius 2 is 1.54 bits per heavy atom. The van der Waals surface area contributed by atoms with Crippen molar-refractivity contribution < 1.29 is 13.5 Å². The van der Waals surface area contributed by atoms with Crippen LogP contribution >= 0.6 is 11.6 Å². The molecule has 1 aromatic heterocycles. The van der Waals surface area contributed by atoms with Gasteiger partial charge in [0.05, 0.1) is 21.3 Å². The maximum Gasteiger partial charge on any atom is 0.175 e. The Bertz CT molecular complexity index is 1500. The van der Waals surface area contributed by atoms with Crippen LogP contribution in [0.4, 0.5) is 0 Å². The quantitative estimate of drug-likeness (QED) is 0.338. The van der Waals surface area contributed by atoms with E-state index < -0.39 is 15.4 Å². The number of imidazole rings is 1. The van der Waals surface area contributed by atoms with Crippen molar-refractivity contribution in [3.05, 3.63) is 88.2 Å². The zero-order valence-corrected chi connectivity index (χ0v) is 22.3. The molecule has 182 valence electrons. The van der Waals surface area contributed by atoms with Crippen molar-refractivity contribution in [3.8, 4) is 28.2 Å². The van der Waals surface area contributed by atoms with Crippen LogP contribution in [-0.2, 0) is 15.4 Å². The molecule has 0 fully saturated rings. The highest BCUT2D eigenvalue weighted by atomic mass is 35.5. The monoisotopic (exact) mass is 508 g/mol. The van der Waals surface area contributed by atoms with Gasteiger partial charge in [-0.1, -0.05) is 35.9 Å². The molecule has 0 saturated carbocycles. The molecular formula is C28H29ClN2O3S. The molecule has 0 aliphatic heterocycles. The SMILES string of the molecule is Cc1cccc(Cl)c1-c1nc(C(C)(C)O)cn1-c1c(C)cc(-c2cccc(S(C)(=O)=O)c2)cc1C. The first-order valence-corrected chi connectivity index (χ1v) is 13.5. The normalized spacial score (nSPS) is 12.2. The molecule has 0 saturated heterocycles. The minimum absolute atomic E-state index is 0.287. The minimum Gasteiger partial charge on any atom is -0.384 e. The standard InChI is InChI=1S/C28H29ClN2O3S/c1-17-9-7-12-23(29)25(17)27-30-24(28(4,5)32)16-31(27)26-18(2)13-21(14-19(26)3)20-10-8-11-22(15-20)35(6,33)34/h7-16,32H,1-6H3. The van der Waals surface area contributed by atoms with Crippen molar-refractivity contribution in [2.45, 2.75) is 45.1 Å². The number of sulfone groups is 1. The average Bonchev–Trinajstić information content (AvgIpc) is 3.17. The molecule has 0 radical (unpaired) electrons. The average molecular weight is 509 g/mol. The van der Waals surface area contributed by atoms with Gasteiger partial charge in [0.2, 0.25) is 0 Å². The van der Waals surface area contributed by atoms with E-state index in [0.717, 1.165) is 39.1 Å². The fraction of sp³-hybridized carbons (Fsp3) is 0.250. The largest absolute Gasteiger partial charge is 0.384 e. The zero-order chi connectivity index (χ0) is 25.7. The van der Waals surface area contributed by atoms with Crippen LogP contribution in [0.3, 0.4) is 0 Å². The topological polar surface area (TPSA) is 72.2 Å². The van der Waals surface area contributed by atoms with Gasteiger partial charge in [-0.3, -0.25) is 4.57 Å². The molecule has 0 aliphatic carbocycles. The number of rotatable bonds is 5. The first-order chi connectivity index (χ1) is 16.3. The van der Waals surface area contributed by atoms with E-state index >= 15 is 0 Å². The summed E-state index contributed by atoms with van der Waals surface area (Å²) in [6, 6.07) is 16.8. The molecule has 0 atom stereocenters. The highest BCUT2D eigenvalue weighted by molar-refractivity contribution is 7.90. The molecule has 0 spiro atoms. The van der Waals surface area contributed by atoms with E-state index in [1.807, 2.05) is 67.9 Å². The van der Waals surface area contributed by atoms with Gasteiger partial charge in [0, 0.05) is 18.0 Å². The minimum atomic E-state index is -3.31. The lowest BCUT2D eigenvalue weighted by Crippen LogP contribution is -2.15. The Morgan fingerprint density at radius 3 is 2.11 bits per heavy atom. The highest BCUT2D eigenvalue weighted by Crippen LogP contribution is 2.37. The molecule has 0 bridgehead atoms. The summed E-state index contributed by atoms with van der Waals surface area (Å²) in [6.45, 7) is 9.43. The number of aliphatic hydroxyl groups is 1. The summed E-state index contributed by atoms with van der Waals surface area (Å²) in [5, 5.41) is 11.3. The summed E-state index contributed by atoms with van der Waals surface area (Å²) in [4.78, 5) is 5.10. The molecule has 0 amide bonds. The Morgan fingerprint density at radius 1 is 0.914 bits per heavy atom. The van der Waals surface area contributed by atoms with Crippen LogP contribution in [0, 0.1) is 20.8 Å². The van der Waals surface area contributed by atoms with Crippen molar-refractivity contribution in [1.29, 1.82) is 0 Å². The lowest BCUT2D eigenvalue weighted by atomic mass is 9.98. The van der Waals surface area contributed by atoms with Crippen LogP contribution < -0.4 is 0 Å². The number of hydrogen-bond donors (Lipinski definition) is 1. The molecule has 35 heavy (non-hydrogen) atoms. The lowest BCUT2D eigenvalue weighted by Gasteiger charge is -2.18. The van der Waals surface area contributed by atoms with Crippen LogP contribution in [0.15, 0.2) is 65.7 Å². The number of aryl methyl sites for hydroxylation is 3. The van der Waals surface area contributed by atoms with E-state index in [0.29, 0.717) is 16.5 Å². The first-order valence-electron chi connectivity index (χ1n) is 11.3. The summed E-state index contributed by atoms with van der Waals surface area (Å²) in [5.41, 5.74) is 5.85. The van der Waals surface area contributed by atoms with Crippen LogP contribution in [0.25, 0.3) is 28.2 Å². The van der Waals surface area contributed by atoms with Gasteiger partial charge in [-0.15, -0.1) is 0 Å². The van der Waals surface area contributed by atoms with E-state index in [4.69, 9.17) is 16.6 Å². The Labute approximate surface area is 212 Å². The fourth-order valence-electron chi connectivity index (χ4n) is 4.35. The van der Waals surface area contributed by atoms with Gasteiger partial charge in [0.25, 0.3) is 0 Å². The van der Waals surface area contributed by atoms with Crippen molar-refractivity contribution in [1.82, 2.24) is 9.55 Å². The Hall–Kier alpha value is -2.93. The number of nitrogens with zero attached hydrogens (tertiary/aromatic N) is 2. The number of aromatic nitrogens is 2. The summed E-state index contributed by atoms with van der Waals surface area (Å²) in [7, 11) is -3.31. The van der Waals surface area contributed by atoms with Crippen molar-refractivity contribution in [3.63, 3.8) is 0 Å². The molecule has 5 nitrogen and oxygen atoms in total. The second-order valence-corrected chi connectivity index (χ2v) is 12.0. The van der Waals surface area contributed by atoms with Gasteiger partial charge in [0.15, 0.2) is 9.84 Å². The van der Waals surface area contributed by atoms with Crippen molar-refractivity contribution in [2.75, 3.05) is 6.26 Å². The lowest BCUT2D eigenvalue weighted by molar-refractivity contribution is 0.0743. The van der Waals surface area contributed by atoms with E-state index in [9.17, 15) is 13.5 Å². The van der Waals surface area contributed by atoms with Crippen LogP contribution in [-0.4, -0.2) is 29.3 Å². The zero-order valence-electron chi connectivity index (χ0n) is 20.7. The highest BCUT2D eigenvalue weighted by Gasteiger charge is 2.26. The van der Waals surface area contributed by atoms with E-state index in [1.165, 1.54) is 6.26 Å². The van der Waals surface area contributed by atoms with Crippen LogP contribution in [0.1, 0.15) is 36.2 Å². The molecular weight excluding hydrogens is 480 g/mol. The van der Waals surface area contributed by atoms with Crippen molar-refractivity contribution in [2.24, 2.45) is 0 Å². The summed E-state index contributed by atoms with van der Waals surface area (Å²) in [6.07, 6.45) is 3.07. The third-order valence-electron chi connectivity index (χ3n) is 6.11. The molecule has 4 aromatic rings. The summed E-state index contributed by atoms with van der Waals surface area (Å²) < 4.78 is 26.1. The second-order valence-electron chi connectivity index (χ2n) is 9.57. The summed E-state index contributed by atoms with van der Waals surface area (Å²) in [5.74, 6) is 0.656. The van der Waals surface area contributed by atoms with Crippen LogP contribution in [0.2, 0.25) is 5.02 Å². The van der Waals surface area contributed by atoms with Gasteiger partial charge in [0.1, 0.15) is 11.4 Å². The molecule has 7 heteroatoms. The maximum absolute atomic E-state index is 12.1. The van der Waals surface area contributed by atoms with E-state index in [-0.39, 0.29) is 4.90 Å². The van der Waals surface area contributed by atoms with Gasteiger partial charge in [-0.2, -0.15) is 0 Å². The van der Waals surface area contributed by atoms with Gasteiger partial charge in [-0.05, 0) is 92.8 Å². The number of halogens is 1. The van der Waals surface area contributed by atoms with E-state index in [2.05, 4.69) is 0 Å². The molecule has 0 unspecified atom stereocenters. The third-order valence-corrected chi connectivity index (χ3v) is 7.53. The first kappa shape index (κ1) is 25.2. The number of hydrogen-bond acceptors (Lipinski definition) is 4. The molecule has 0 aliphatic rings. The maximum atomic E-state index is 12.1. The number of benzene rings is 3. The van der Waals surface area contributed by atoms with Gasteiger partial charge in [-0.25, -0.2) is 13.4 Å². The summed E-state index contributed by atoms with van der Waals surface area (Å²) >= 11 is 6.62. The van der Waals surface area contributed by atoms with Gasteiger partial charge < -0.3 is 5.11 Å². The predicted octanol–water partition coefficient (Wildman–Crippen LogP) is 6.42. The fourth-order valence-corrected chi connectivity index (χ4v) is 5.32. The Kier molecular flexibility index (Phi) is 6.43. The van der Waals surface area contributed by atoms with Crippen LogP contribution in [0.5, 0.6) is 0 Å². The molecule has 4 rings (SSSR count). The molecule has 1 N–H and O–H groups in total. The van der Waals surface area contributed by atoms with E-state index in [1.54, 1.807) is 32.0 Å². The van der Waals surface area contributed by atoms with Crippen molar-refractivity contribution >= 4 is 21.4 Å².